The zero-order chi connectivity index (χ0) is 16.0. The molecule has 4 nitrogen and oxygen atoms in total. The Morgan fingerprint density at radius 3 is 2.67 bits per heavy atom. The van der Waals surface area contributed by atoms with Gasteiger partial charge in [-0.15, -0.1) is 0 Å². The lowest BCUT2D eigenvalue weighted by molar-refractivity contribution is 0.582. The summed E-state index contributed by atoms with van der Waals surface area (Å²) in [4.78, 5) is 3.96. The molecule has 1 rings (SSSR count). The third-order valence-corrected chi connectivity index (χ3v) is 2.73. The average Bonchev–Trinajstić information content (AvgIpc) is 2.47. The van der Waals surface area contributed by atoms with Gasteiger partial charge in [-0.05, 0) is 36.3 Å². The number of allylic oxidation sites excluding steroid dienone is 2. The molecule has 1 aromatic carbocycles. The molecule has 0 amide bonds. The summed E-state index contributed by atoms with van der Waals surface area (Å²) >= 11 is 0. The number of halogens is 2. The first-order chi connectivity index (χ1) is 9.86. The number of nitrogens with two attached hydrogens (primary N) is 3. The van der Waals surface area contributed by atoms with Crippen LogP contribution in [-0.2, 0) is 0 Å². The van der Waals surface area contributed by atoms with Crippen LogP contribution >= 0.6 is 0 Å². The third kappa shape index (κ3) is 4.54. The van der Waals surface area contributed by atoms with E-state index in [9.17, 15) is 8.78 Å². The summed E-state index contributed by atoms with van der Waals surface area (Å²) in [6, 6.07) is 2.26. The first kappa shape index (κ1) is 16.6. The van der Waals surface area contributed by atoms with E-state index in [0.717, 1.165) is 11.6 Å². The summed E-state index contributed by atoms with van der Waals surface area (Å²) in [5.74, 6) is -1.23. The lowest BCUT2D eigenvalue weighted by atomic mass is 10.1. The molecule has 0 aliphatic heterocycles. The molecule has 0 atom stereocenters. The molecule has 0 radical (unpaired) electrons. The molecule has 0 bridgehead atoms. The minimum Gasteiger partial charge on any atom is -0.396 e. The fourth-order valence-electron chi connectivity index (χ4n) is 1.34. The first-order valence-corrected chi connectivity index (χ1v) is 6.16. The molecule has 0 saturated carbocycles. The predicted octanol–water partition coefficient (Wildman–Crippen LogP) is 2.34. The number of rotatable bonds is 5. The molecular formula is C15H18F2N4. The highest BCUT2D eigenvalue weighted by atomic mass is 19.1. The van der Waals surface area contributed by atoms with Crippen LogP contribution in [-0.4, -0.2) is 12.8 Å². The molecule has 0 aliphatic carbocycles. The minimum absolute atomic E-state index is 0.124. The molecule has 0 fully saturated rings. The fourth-order valence-corrected chi connectivity index (χ4v) is 1.34. The second-order valence-corrected chi connectivity index (χ2v) is 4.40. The molecule has 0 aromatic heterocycles. The second kappa shape index (κ2) is 7.35. The fraction of sp³-hybridized carbons (Fsp3) is 0.133. The number of anilines is 1. The van der Waals surface area contributed by atoms with Crippen molar-refractivity contribution in [3.63, 3.8) is 0 Å². The smallest absolute Gasteiger partial charge is 0.156 e. The van der Waals surface area contributed by atoms with E-state index in [1.165, 1.54) is 24.4 Å². The minimum atomic E-state index is -0.811. The molecule has 6 N–H and O–H groups in total. The molecule has 0 saturated heterocycles. The van der Waals surface area contributed by atoms with E-state index in [1.807, 2.05) is 0 Å². The Morgan fingerprint density at radius 1 is 1.38 bits per heavy atom. The largest absolute Gasteiger partial charge is 0.396 e. The van der Waals surface area contributed by atoms with Gasteiger partial charge in [0.2, 0.25) is 0 Å². The number of hydrogen-bond donors (Lipinski definition) is 3. The molecule has 1 aromatic rings. The highest BCUT2D eigenvalue weighted by Crippen LogP contribution is 2.20. The topological polar surface area (TPSA) is 90.4 Å². The van der Waals surface area contributed by atoms with Gasteiger partial charge >= 0.3 is 0 Å². The predicted molar refractivity (Wildman–Crippen MR) is 83.4 cm³/mol. The summed E-state index contributed by atoms with van der Waals surface area (Å²) in [7, 11) is 0. The maximum atomic E-state index is 13.7. The van der Waals surface area contributed by atoms with Gasteiger partial charge < -0.3 is 17.2 Å². The van der Waals surface area contributed by atoms with Gasteiger partial charge in [0.05, 0.1) is 5.69 Å². The van der Waals surface area contributed by atoms with E-state index in [2.05, 4.69) is 11.6 Å². The van der Waals surface area contributed by atoms with Crippen LogP contribution in [0.2, 0.25) is 0 Å². The van der Waals surface area contributed by atoms with E-state index < -0.39 is 11.6 Å². The zero-order valence-corrected chi connectivity index (χ0v) is 11.7. The van der Waals surface area contributed by atoms with Gasteiger partial charge in [-0.2, -0.15) is 0 Å². The van der Waals surface area contributed by atoms with E-state index in [4.69, 9.17) is 17.2 Å². The Hall–Kier alpha value is -2.47. The zero-order valence-electron chi connectivity index (χ0n) is 11.7. The average molecular weight is 292 g/mol. The molecule has 0 spiro atoms. The summed E-state index contributed by atoms with van der Waals surface area (Å²) in [6.07, 6.45) is 4.04. The van der Waals surface area contributed by atoms with E-state index in [0.29, 0.717) is 12.1 Å². The molecule has 0 unspecified atom stereocenters. The SMILES string of the molecule is C=C(C=Cc1c(F)ccc(N)c1F)/C=N\C(N)=C(/C)CN. The first-order valence-electron chi connectivity index (χ1n) is 6.16. The molecule has 112 valence electrons. The third-order valence-electron chi connectivity index (χ3n) is 2.73. The van der Waals surface area contributed by atoms with Gasteiger partial charge in [0.1, 0.15) is 11.6 Å². The van der Waals surface area contributed by atoms with Gasteiger partial charge in [-0.25, -0.2) is 13.8 Å². The van der Waals surface area contributed by atoms with Gasteiger partial charge in [-0.1, -0.05) is 12.7 Å². The second-order valence-electron chi connectivity index (χ2n) is 4.40. The van der Waals surface area contributed by atoms with Crippen molar-refractivity contribution in [2.45, 2.75) is 6.92 Å². The van der Waals surface area contributed by atoms with Gasteiger partial charge in [0.25, 0.3) is 0 Å². The summed E-state index contributed by atoms with van der Waals surface area (Å²) in [5, 5.41) is 0. The van der Waals surface area contributed by atoms with Crippen LogP contribution in [0.15, 0.2) is 46.7 Å². The Morgan fingerprint density at radius 2 is 2.05 bits per heavy atom. The van der Waals surface area contributed by atoms with Crippen LogP contribution in [0.25, 0.3) is 6.08 Å². The Labute approximate surface area is 122 Å². The van der Waals surface area contributed by atoms with Gasteiger partial charge in [0.15, 0.2) is 5.82 Å². The molecule has 0 aliphatic rings. The van der Waals surface area contributed by atoms with Crippen LogP contribution in [0.4, 0.5) is 14.5 Å². The van der Waals surface area contributed by atoms with Crippen LogP contribution in [0.3, 0.4) is 0 Å². The Bertz CT molecular complexity index is 631. The molecule has 0 heterocycles. The van der Waals surface area contributed by atoms with E-state index in [-0.39, 0.29) is 17.1 Å². The van der Waals surface area contributed by atoms with Crippen LogP contribution in [0.1, 0.15) is 12.5 Å². The van der Waals surface area contributed by atoms with Crippen molar-refractivity contribution < 1.29 is 8.78 Å². The van der Waals surface area contributed by atoms with Crippen molar-refractivity contribution in [1.82, 2.24) is 0 Å². The van der Waals surface area contributed by atoms with Crippen molar-refractivity contribution in [1.29, 1.82) is 0 Å². The van der Waals surface area contributed by atoms with Gasteiger partial charge in [-0.3, -0.25) is 0 Å². The highest BCUT2D eigenvalue weighted by molar-refractivity contribution is 5.84. The summed E-state index contributed by atoms with van der Waals surface area (Å²) < 4.78 is 27.2. The lowest BCUT2D eigenvalue weighted by Gasteiger charge is -2.02. The number of nitrogen functional groups attached to an aromatic ring is 1. The monoisotopic (exact) mass is 292 g/mol. The quantitative estimate of drug-likeness (QED) is 0.442. The normalized spacial score (nSPS) is 13.0. The van der Waals surface area contributed by atoms with Crippen molar-refractivity contribution in [3.8, 4) is 0 Å². The van der Waals surface area contributed by atoms with Crippen molar-refractivity contribution >= 4 is 18.0 Å². The Kier molecular flexibility index (Phi) is 5.80. The summed E-state index contributed by atoms with van der Waals surface area (Å²) in [5.41, 5.74) is 17.3. The number of aliphatic imine (C=N–C) groups is 1. The molecule has 21 heavy (non-hydrogen) atoms. The van der Waals surface area contributed by atoms with Crippen LogP contribution in [0.5, 0.6) is 0 Å². The lowest BCUT2D eigenvalue weighted by Crippen LogP contribution is -2.07. The maximum absolute atomic E-state index is 13.7. The van der Waals surface area contributed by atoms with Crippen molar-refractivity contribution in [2.24, 2.45) is 16.5 Å². The number of nitrogens with zero attached hydrogens (tertiary/aromatic N) is 1. The van der Waals surface area contributed by atoms with Crippen LogP contribution in [0, 0.1) is 11.6 Å². The van der Waals surface area contributed by atoms with Crippen LogP contribution < -0.4 is 17.2 Å². The maximum Gasteiger partial charge on any atom is 0.156 e. The van der Waals surface area contributed by atoms with Crippen molar-refractivity contribution in [2.75, 3.05) is 12.3 Å². The number of hydrogen-bond acceptors (Lipinski definition) is 4. The number of benzene rings is 1. The highest BCUT2D eigenvalue weighted by Gasteiger charge is 2.08. The van der Waals surface area contributed by atoms with Crippen molar-refractivity contribution in [3.05, 3.63) is 59.0 Å². The van der Waals surface area contributed by atoms with Gasteiger partial charge in [0, 0.05) is 18.3 Å². The summed E-state index contributed by atoms with van der Waals surface area (Å²) in [6.45, 7) is 5.74. The van der Waals surface area contributed by atoms with E-state index >= 15 is 0 Å². The standard InChI is InChI=1S/C15H18F2N4/c1-9(8-21-15(20)10(2)7-18)3-4-11-12(16)5-6-13(19)14(11)17/h3-6,8H,1,7,18-20H2,2H3/b4-3?,15-10+,21-8-. The molecular weight excluding hydrogens is 274 g/mol. The molecule has 6 heteroatoms. The Balaban J connectivity index is 2.90. The van der Waals surface area contributed by atoms with E-state index in [1.54, 1.807) is 6.92 Å².